The average Bonchev–Trinajstić information content (AvgIpc) is 2.62. The van der Waals surface area contributed by atoms with E-state index >= 15 is 0 Å². The summed E-state index contributed by atoms with van der Waals surface area (Å²) < 4.78 is 0. The van der Waals surface area contributed by atoms with E-state index in [0.29, 0.717) is 6.61 Å². The standard InChI is InChI=1S/C8H16O/c1-2-7-6-8(7)4-3-5-9/h7-9H,2-6H2,1H3/t7-,8-/m1/s1. The van der Waals surface area contributed by atoms with Crippen LogP contribution >= 0.6 is 0 Å². The van der Waals surface area contributed by atoms with Crippen molar-refractivity contribution in [3.63, 3.8) is 0 Å². The molecule has 9 heavy (non-hydrogen) atoms. The van der Waals surface area contributed by atoms with Crippen LogP contribution < -0.4 is 0 Å². The second kappa shape index (κ2) is 3.21. The highest BCUT2D eigenvalue weighted by atomic mass is 16.2. The Bertz CT molecular complexity index is 80.6. The number of hydrogen-bond donors (Lipinski definition) is 1. The van der Waals surface area contributed by atoms with Crippen molar-refractivity contribution in [2.24, 2.45) is 11.8 Å². The summed E-state index contributed by atoms with van der Waals surface area (Å²) in [5, 5.41) is 8.50. The Balaban J connectivity index is 1.92. The van der Waals surface area contributed by atoms with Gasteiger partial charge in [-0.1, -0.05) is 13.3 Å². The lowest BCUT2D eigenvalue weighted by Gasteiger charge is -1.93. The van der Waals surface area contributed by atoms with E-state index in [1.54, 1.807) is 0 Å². The minimum absolute atomic E-state index is 0.382. The first-order valence-corrected chi connectivity index (χ1v) is 3.99. The highest BCUT2D eigenvalue weighted by molar-refractivity contribution is 4.84. The second-order valence-electron chi connectivity index (χ2n) is 3.03. The van der Waals surface area contributed by atoms with Crippen molar-refractivity contribution >= 4 is 0 Å². The number of aliphatic hydroxyl groups excluding tert-OH is 1. The van der Waals surface area contributed by atoms with Crippen LogP contribution in [0.2, 0.25) is 0 Å². The maximum Gasteiger partial charge on any atom is 0.0431 e. The van der Waals surface area contributed by atoms with E-state index in [0.717, 1.165) is 18.3 Å². The van der Waals surface area contributed by atoms with E-state index in [4.69, 9.17) is 5.11 Å². The SMILES string of the molecule is CC[C@@H]1C[C@H]1CCCO. The van der Waals surface area contributed by atoms with E-state index < -0.39 is 0 Å². The minimum atomic E-state index is 0.382. The number of rotatable bonds is 4. The zero-order valence-corrected chi connectivity index (χ0v) is 6.14. The molecule has 0 unspecified atom stereocenters. The third kappa shape index (κ3) is 1.98. The molecule has 0 aromatic rings. The summed E-state index contributed by atoms with van der Waals surface area (Å²) in [7, 11) is 0. The van der Waals surface area contributed by atoms with Crippen molar-refractivity contribution in [3.05, 3.63) is 0 Å². The predicted molar refractivity (Wildman–Crippen MR) is 38.2 cm³/mol. The van der Waals surface area contributed by atoms with Crippen LogP contribution in [0, 0.1) is 11.8 Å². The lowest BCUT2D eigenvalue weighted by molar-refractivity contribution is 0.280. The van der Waals surface area contributed by atoms with Crippen molar-refractivity contribution in [2.75, 3.05) is 6.61 Å². The van der Waals surface area contributed by atoms with Gasteiger partial charge in [0.2, 0.25) is 0 Å². The van der Waals surface area contributed by atoms with E-state index in [-0.39, 0.29) is 0 Å². The molecule has 0 heterocycles. The molecule has 1 aliphatic carbocycles. The first-order chi connectivity index (χ1) is 4.38. The maximum absolute atomic E-state index is 8.50. The van der Waals surface area contributed by atoms with Gasteiger partial charge >= 0.3 is 0 Å². The van der Waals surface area contributed by atoms with Gasteiger partial charge in [-0.2, -0.15) is 0 Å². The van der Waals surface area contributed by atoms with Gasteiger partial charge in [-0.15, -0.1) is 0 Å². The van der Waals surface area contributed by atoms with Gasteiger partial charge in [-0.3, -0.25) is 0 Å². The zero-order chi connectivity index (χ0) is 6.69. The van der Waals surface area contributed by atoms with Crippen LogP contribution in [0.1, 0.15) is 32.6 Å². The minimum Gasteiger partial charge on any atom is -0.396 e. The second-order valence-corrected chi connectivity index (χ2v) is 3.03. The summed E-state index contributed by atoms with van der Waals surface area (Å²) in [5.74, 6) is 1.98. The molecule has 1 fully saturated rings. The van der Waals surface area contributed by atoms with E-state index in [9.17, 15) is 0 Å². The van der Waals surface area contributed by atoms with Gasteiger partial charge in [0.05, 0.1) is 0 Å². The lowest BCUT2D eigenvalue weighted by atomic mass is 10.2. The summed E-state index contributed by atoms with van der Waals surface area (Å²) in [6, 6.07) is 0. The molecule has 1 N–H and O–H groups in total. The quantitative estimate of drug-likeness (QED) is 0.612. The molecule has 0 aromatic carbocycles. The Morgan fingerprint density at radius 3 is 2.67 bits per heavy atom. The van der Waals surface area contributed by atoms with Crippen LogP contribution in [0.25, 0.3) is 0 Å². The van der Waals surface area contributed by atoms with Crippen molar-refractivity contribution in [1.82, 2.24) is 0 Å². The smallest absolute Gasteiger partial charge is 0.0431 e. The van der Waals surface area contributed by atoms with Crippen LogP contribution in [-0.4, -0.2) is 11.7 Å². The molecule has 0 amide bonds. The van der Waals surface area contributed by atoms with E-state index in [1.165, 1.54) is 19.3 Å². The van der Waals surface area contributed by atoms with Gasteiger partial charge in [-0.25, -0.2) is 0 Å². The Morgan fingerprint density at radius 1 is 1.44 bits per heavy atom. The maximum atomic E-state index is 8.50. The molecule has 0 saturated heterocycles. The van der Waals surface area contributed by atoms with Gasteiger partial charge in [0.1, 0.15) is 0 Å². The summed E-state index contributed by atoms with van der Waals surface area (Å²) >= 11 is 0. The zero-order valence-electron chi connectivity index (χ0n) is 6.14. The fraction of sp³-hybridized carbons (Fsp3) is 1.00. The normalized spacial score (nSPS) is 32.7. The Kier molecular flexibility index (Phi) is 2.52. The molecular weight excluding hydrogens is 112 g/mol. The van der Waals surface area contributed by atoms with Crippen molar-refractivity contribution < 1.29 is 5.11 Å². The molecule has 0 radical (unpaired) electrons. The largest absolute Gasteiger partial charge is 0.396 e. The predicted octanol–water partition coefficient (Wildman–Crippen LogP) is 1.81. The number of aliphatic hydroxyl groups is 1. The fourth-order valence-corrected chi connectivity index (χ4v) is 1.52. The van der Waals surface area contributed by atoms with E-state index in [1.807, 2.05) is 0 Å². The van der Waals surface area contributed by atoms with Crippen LogP contribution in [-0.2, 0) is 0 Å². The third-order valence-corrected chi connectivity index (χ3v) is 2.33. The first kappa shape index (κ1) is 7.07. The molecule has 1 aliphatic rings. The monoisotopic (exact) mass is 128 g/mol. The first-order valence-electron chi connectivity index (χ1n) is 3.99. The van der Waals surface area contributed by atoms with Gasteiger partial charge in [0.25, 0.3) is 0 Å². The molecule has 1 nitrogen and oxygen atoms in total. The van der Waals surface area contributed by atoms with Gasteiger partial charge in [0.15, 0.2) is 0 Å². The lowest BCUT2D eigenvalue weighted by Crippen LogP contribution is -1.85. The highest BCUT2D eigenvalue weighted by Crippen LogP contribution is 2.43. The highest BCUT2D eigenvalue weighted by Gasteiger charge is 2.33. The summed E-state index contributed by atoms with van der Waals surface area (Å²) in [6.07, 6.45) is 5.04. The number of hydrogen-bond acceptors (Lipinski definition) is 1. The van der Waals surface area contributed by atoms with Crippen LogP contribution in [0.5, 0.6) is 0 Å². The molecular formula is C8H16O. The molecule has 1 rings (SSSR count). The average molecular weight is 128 g/mol. The van der Waals surface area contributed by atoms with Crippen molar-refractivity contribution in [3.8, 4) is 0 Å². The fourth-order valence-electron chi connectivity index (χ4n) is 1.52. The molecule has 0 spiro atoms. The summed E-state index contributed by atoms with van der Waals surface area (Å²) in [6.45, 7) is 2.64. The van der Waals surface area contributed by atoms with Crippen LogP contribution in [0.4, 0.5) is 0 Å². The summed E-state index contributed by atoms with van der Waals surface area (Å²) in [5.41, 5.74) is 0. The molecule has 54 valence electrons. The Labute approximate surface area is 57.1 Å². The Morgan fingerprint density at radius 2 is 2.22 bits per heavy atom. The van der Waals surface area contributed by atoms with Crippen molar-refractivity contribution in [2.45, 2.75) is 32.6 Å². The summed E-state index contributed by atoms with van der Waals surface area (Å²) in [4.78, 5) is 0. The molecule has 1 saturated carbocycles. The topological polar surface area (TPSA) is 20.2 Å². The molecule has 1 heteroatoms. The van der Waals surface area contributed by atoms with Gasteiger partial charge in [-0.05, 0) is 31.1 Å². The molecule has 0 aliphatic heterocycles. The van der Waals surface area contributed by atoms with Crippen LogP contribution in [0.15, 0.2) is 0 Å². The van der Waals surface area contributed by atoms with Crippen molar-refractivity contribution in [1.29, 1.82) is 0 Å². The molecule has 0 bridgehead atoms. The van der Waals surface area contributed by atoms with Gasteiger partial charge in [0, 0.05) is 6.61 Å². The van der Waals surface area contributed by atoms with Crippen LogP contribution in [0.3, 0.4) is 0 Å². The van der Waals surface area contributed by atoms with E-state index in [2.05, 4.69) is 6.92 Å². The molecule has 2 atom stereocenters. The third-order valence-electron chi connectivity index (χ3n) is 2.33. The molecule has 0 aromatic heterocycles. The van der Waals surface area contributed by atoms with Gasteiger partial charge < -0.3 is 5.11 Å². The Hall–Kier alpha value is -0.0400.